The second-order valence-electron chi connectivity index (χ2n) is 9.78. The van der Waals surface area contributed by atoms with Crippen LogP contribution in [-0.4, -0.2) is 66.4 Å². The Labute approximate surface area is 222 Å². The van der Waals surface area contributed by atoms with E-state index in [-0.39, 0.29) is 0 Å². The Balaban J connectivity index is 1.49. The molecule has 0 bridgehead atoms. The van der Waals surface area contributed by atoms with Crippen LogP contribution in [0, 0.1) is 0 Å². The number of aliphatic imine (C=N–C) groups is 1. The molecule has 0 aromatic carbocycles. The second kappa shape index (κ2) is 12.7. The minimum atomic E-state index is 0.444. The molecule has 0 radical (unpaired) electrons. The van der Waals surface area contributed by atoms with Crippen LogP contribution in [0.4, 0.5) is 11.8 Å². The van der Waals surface area contributed by atoms with E-state index >= 15 is 0 Å². The van der Waals surface area contributed by atoms with Gasteiger partial charge in [0.25, 0.3) is 0 Å². The zero-order chi connectivity index (χ0) is 26.2. The average Bonchev–Trinajstić information content (AvgIpc) is 3.67. The molecule has 0 atom stereocenters. The molecule has 0 amide bonds. The van der Waals surface area contributed by atoms with Gasteiger partial charge in [0.1, 0.15) is 13.5 Å². The Bertz CT molecular complexity index is 1150. The highest BCUT2D eigenvalue weighted by molar-refractivity contribution is 6.09. The van der Waals surface area contributed by atoms with E-state index in [1.54, 1.807) is 6.08 Å². The molecule has 1 saturated carbocycles. The Morgan fingerprint density at radius 2 is 2.03 bits per heavy atom. The molecule has 1 saturated heterocycles. The number of hydrogen-bond acceptors (Lipinski definition) is 7. The number of allylic oxidation sites excluding steroid dienone is 7. The molecule has 3 N–H and O–H groups in total. The molecule has 4 rings (SSSR count). The summed E-state index contributed by atoms with van der Waals surface area (Å²) in [6.45, 7) is 13.0. The molecule has 0 spiro atoms. The SMILES string of the molecule is BC/C=C(\C=C/C=C)Nc1nc2c(n1C1CC1)N=C(N/C(C)=C/C=C=C(CC)N1CCN(C)CC1)NC2. The summed E-state index contributed by atoms with van der Waals surface area (Å²) in [4.78, 5) is 14.6. The van der Waals surface area contributed by atoms with E-state index < -0.39 is 0 Å². The normalized spacial score (nSPS) is 18.6. The number of hydrogen-bond donors (Lipinski definition) is 3. The number of imidazole rings is 1. The van der Waals surface area contributed by atoms with Gasteiger partial charge >= 0.3 is 0 Å². The molecular weight excluding hydrogens is 459 g/mol. The number of guanidine groups is 1. The fourth-order valence-electron chi connectivity index (χ4n) is 4.53. The van der Waals surface area contributed by atoms with E-state index in [4.69, 9.17) is 9.98 Å². The molecule has 2 fully saturated rings. The number of piperazine rings is 1. The van der Waals surface area contributed by atoms with E-state index in [0.29, 0.717) is 12.6 Å². The van der Waals surface area contributed by atoms with Crippen LogP contribution in [0.2, 0.25) is 6.32 Å². The van der Waals surface area contributed by atoms with Crippen molar-refractivity contribution in [1.29, 1.82) is 0 Å². The van der Waals surface area contributed by atoms with Crippen molar-refractivity contribution in [2.75, 3.05) is 38.5 Å². The lowest BCUT2D eigenvalue weighted by molar-refractivity contribution is 0.183. The minimum Gasteiger partial charge on any atom is -0.366 e. The van der Waals surface area contributed by atoms with Gasteiger partial charge < -0.3 is 25.8 Å². The summed E-state index contributed by atoms with van der Waals surface area (Å²) in [5, 5.41) is 10.3. The van der Waals surface area contributed by atoms with Crippen molar-refractivity contribution >= 4 is 25.6 Å². The van der Waals surface area contributed by atoms with Gasteiger partial charge in [-0.1, -0.05) is 43.8 Å². The molecular formula is C28H41BN8. The lowest BCUT2D eigenvalue weighted by Crippen LogP contribution is -2.43. The fourth-order valence-corrected chi connectivity index (χ4v) is 4.53. The van der Waals surface area contributed by atoms with Crippen LogP contribution in [0.3, 0.4) is 0 Å². The highest BCUT2D eigenvalue weighted by Crippen LogP contribution is 2.43. The molecule has 9 heteroatoms. The highest BCUT2D eigenvalue weighted by Gasteiger charge is 2.32. The summed E-state index contributed by atoms with van der Waals surface area (Å²) in [6, 6.07) is 0.444. The Hall–Kier alpha value is -3.42. The lowest BCUT2D eigenvalue weighted by Gasteiger charge is -2.34. The molecule has 1 aliphatic carbocycles. The molecule has 3 aliphatic rings. The van der Waals surface area contributed by atoms with E-state index in [2.05, 4.69) is 83.5 Å². The maximum absolute atomic E-state index is 4.93. The van der Waals surface area contributed by atoms with E-state index in [0.717, 1.165) is 86.6 Å². The molecule has 0 unspecified atom stereocenters. The quantitative estimate of drug-likeness (QED) is 0.259. The van der Waals surface area contributed by atoms with Crippen molar-refractivity contribution in [1.82, 2.24) is 30.0 Å². The van der Waals surface area contributed by atoms with Crippen molar-refractivity contribution in [2.45, 2.75) is 52.0 Å². The van der Waals surface area contributed by atoms with Gasteiger partial charge in [-0.05, 0) is 51.5 Å². The summed E-state index contributed by atoms with van der Waals surface area (Å²) in [5.41, 5.74) is 7.76. The van der Waals surface area contributed by atoms with Gasteiger partial charge in [-0.2, -0.15) is 4.99 Å². The molecule has 196 valence electrons. The van der Waals surface area contributed by atoms with Crippen molar-refractivity contribution in [3.63, 3.8) is 0 Å². The van der Waals surface area contributed by atoms with Crippen molar-refractivity contribution in [3.8, 4) is 0 Å². The minimum absolute atomic E-state index is 0.444. The molecule has 2 aliphatic heterocycles. The maximum atomic E-state index is 4.93. The smallest absolute Gasteiger partial charge is 0.209 e. The van der Waals surface area contributed by atoms with Gasteiger partial charge in [0.2, 0.25) is 11.9 Å². The predicted octanol–water partition coefficient (Wildman–Crippen LogP) is 3.59. The van der Waals surface area contributed by atoms with Gasteiger partial charge in [0.05, 0.1) is 12.2 Å². The van der Waals surface area contributed by atoms with Crippen molar-refractivity contribution in [3.05, 3.63) is 71.6 Å². The molecule has 1 aromatic heterocycles. The number of rotatable bonds is 10. The number of likely N-dealkylation sites (N-methyl/N-ethyl adjacent to an activating group) is 1. The summed E-state index contributed by atoms with van der Waals surface area (Å²) in [5.74, 6) is 2.53. The van der Waals surface area contributed by atoms with Gasteiger partial charge in [0, 0.05) is 43.6 Å². The van der Waals surface area contributed by atoms with Crippen LogP contribution < -0.4 is 16.0 Å². The molecule has 37 heavy (non-hydrogen) atoms. The summed E-state index contributed by atoms with van der Waals surface area (Å²) >= 11 is 0. The van der Waals surface area contributed by atoms with Crippen molar-refractivity contribution < 1.29 is 0 Å². The van der Waals surface area contributed by atoms with Crippen LogP contribution >= 0.6 is 0 Å². The summed E-state index contributed by atoms with van der Waals surface area (Å²) in [7, 11) is 4.31. The Morgan fingerprint density at radius 1 is 1.24 bits per heavy atom. The molecule has 1 aromatic rings. The van der Waals surface area contributed by atoms with E-state index in [1.807, 2.05) is 18.2 Å². The first-order chi connectivity index (χ1) is 18.0. The van der Waals surface area contributed by atoms with Gasteiger partial charge in [0.15, 0.2) is 5.82 Å². The van der Waals surface area contributed by atoms with Crippen molar-refractivity contribution in [2.24, 2.45) is 4.99 Å². The number of anilines is 1. The average molecular weight is 501 g/mol. The Kier molecular flexibility index (Phi) is 9.15. The number of fused-ring (bicyclic) bond motifs is 1. The first-order valence-corrected chi connectivity index (χ1v) is 13.5. The second-order valence-corrected chi connectivity index (χ2v) is 9.78. The monoisotopic (exact) mass is 500 g/mol. The van der Waals surface area contributed by atoms with Gasteiger partial charge in [-0.3, -0.25) is 4.57 Å². The van der Waals surface area contributed by atoms with Gasteiger partial charge in [-0.15, -0.1) is 0 Å². The topological polar surface area (TPSA) is 72.8 Å². The van der Waals surface area contributed by atoms with Crippen LogP contribution in [0.5, 0.6) is 0 Å². The number of nitrogens with one attached hydrogen (secondary N) is 3. The summed E-state index contributed by atoms with van der Waals surface area (Å²) in [6.07, 6.45) is 16.2. The third-order valence-corrected chi connectivity index (χ3v) is 6.72. The summed E-state index contributed by atoms with van der Waals surface area (Å²) < 4.78 is 2.26. The predicted molar refractivity (Wildman–Crippen MR) is 157 cm³/mol. The molecule has 3 heterocycles. The molecule has 8 nitrogen and oxygen atoms in total. The highest BCUT2D eigenvalue weighted by atomic mass is 15.3. The van der Waals surface area contributed by atoms with Gasteiger partial charge in [-0.25, -0.2) is 4.98 Å². The number of aromatic nitrogens is 2. The Morgan fingerprint density at radius 3 is 2.70 bits per heavy atom. The third-order valence-electron chi connectivity index (χ3n) is 6.72. The first-order valence-electron chi connectivity index (χ1n) is 13.5. The lowest BCUT2D eigenvalue weighted by atomic mass is 10.0. The third kappa shape index (κ3) is 7.09. The zero-order valence-electron chi connectivity index (χ0n) is 22.8. The van der Waals surface area contributed by atoms with Crippen LogP contribution in [0.15, 0.2) is 70.8 Å². The maximum Gasteiger partial charge on any atom is 0.209 e. The fraction of sp³-hybridized carbons (Fsp3) is 0.464. The number of nitrogens with zero attached hydrogens (tertiary/aromatic N) is 5. The van der Waals surface area contributed by atoms with Crippen LogP contribution in [-0.2, 0) is 6.54 Å². The van der Waals surface area contributed by atoms with Crippen LogP contribution in [0.1, 0.15) is 44.8 Å². The zero-order valence-corrected chi connectivity index (χ0v) is 22.8. The standard InChI is InChI=1S/C28H41BN8/c1-5-7-10-22(14-15-29)32-28-33-25-20-30-27(34-26(25)37(28)24-12-13-24)31-21(3)9-8-11-23(6-2)36-18-16-35(4)17-19-36/h5,7-10,14,24H,1,6,12-13,15-20,29H2,2-4H3,(H,32,33)(H2,30,31,34)/b10-7-,21-9+,22-14+. The van der Waals surface area contributed by atoms with Crippen LogP contribution in [0.25, 0.3) is 0 Å². The van der Waals surface area contributed by atoms with E-state index in [9.17, 15) is 0 Å². The first kappa shape index (κ1) is 26.6. The van der Waals surface area contributed by atoms with E-state index in [1.165, 1.54) is 5.70 Å². The largest absolute Gasteiger partial charge is 0.366 e.